The number of aryl methyl sites for hydroxylation is 1. The van der Waals surface area contributed by atoms with Crippen molar-refractivity contribution in [3.63, 3.8) is 0 Å². The molecule has 1 unspecified atom stereocenters. The minimum Gasteiger partial charge on any atom is -0.378 e. The Morgan fingerprint density at radius 3 is 2.64 bits per heavy atom. The third-order valence-corrected chi connectivity index (χ3v) is 3.99. The van der Waals surface area contributed by atoms with E-state index in [1.807, 2.05) is 0 Å². The molecule has 1 fully saturated rings. The summed E-state index contributed by atoms with van der Waals surface area (Å²) in [5.74, 6) is 0.0817. The fourth-order valence-corrected chi connectivity index (χ4v) is 2.47. The van der Waals surface area contributed by atoms with E-state index in [1.165, 1.54) is 11.1 Å². The van der Waals surface area contributed by atoms with Crippen LogP contribution in [0.15, 0.2) is 24.3 Å². The lowest BCUT2D eigenvalue weighted by molar-refractivity contribution is -0.122. The maximum atomic E-state index is 12.0. The molecule has 2 rings (SSSR count). The Kier molecular flexibility index (Phi) is 7.33. The van der Waals surface area contributed by atoms with Crippen molar-refractivity contribution in [1.82, 2.24) is 10.6 Å². The first kappa shape index (κ1) is 18.9. The number of rotatable bonds is 5. The molecule has 0 aliphatic carbocycles. The third-order valence-electron chi connectivity index (χ3n) is 3.99. The third kappa shape index (κ3) is 5.59. The molecular weight excluding hydrogens is 300 g/mol. The van der Waals surface area contributed by atoms with Gasteiger partial charge in [-0.2, -0.15) is 0 Å². The summed E-state index contributed by atoms with van der Waals surface area (Å²) < 4.78 is 5.37. The van der Waals surface area contributed by atoms with Gasteiger partial charge in [-0.05, 0) is 12.5 Å². The molecule has 1 aromatic rings. The molecule has 1 aliphatic heterocycles. The molecule has 0 spiro atoms. The van der Waals surface area contributed by atoms with Crippen LogP contribution in [0.25, 0.3) is 0 Å². The van der Waals surface area contributed by atoms with Gasteiger partial charge < -0.3 is 15.4 Å². The molecule has 0 radical (unpaired) electrons. The summed E-state index contributed by atoms with van der Waals surface area (Å²) in [7, 11) is 0. The topological polar surface area (TPSA) is 50.4 Å². The predicted molar refractivity (Wildman–Crippen MR) is 91.7 cm³/mol. The Hall–Kier alpha value is -1.10. The largest absolute Gasteiger partial charge is 0.378 e. The van der Waals surface area contributed by atoms with Gasteiger partial charge in [0.25, 0.3) is 0 Å². The second-order valence-electron chi connectivity index (χ2n) is 6.46. The van der Waals surface area contributed by atoms with Gasteiger partial charge in [0, 0.05) is 31.0 Å². The molecule has 2 N–H and O–H groups in total. The quantitative estimate of drug-likeness (QED) is 0.872. The molecule has 1 aromatic carbocycles. The molecule has 1 aliphatic rings. The lowest BCUT2D eigenvalue weighted by Gasteiger charge is -2.27. The van der Waals surface area contributed by atoms with E-state index in [-0.39, 0.29) is 29.8 Å². The maximum Gasteiger partial charge on any atom is 0.221 e. The van der Waals surface area contributed by atoms with Gasteiger partial charge in [-0.1, -0.05) is 43.7 Å². The Bertz CT molecular complexity index is 468. The van der Waals surface area contributed by atoms with Gasteiger partial charge in [0.2, 0.25) is 5.91 Å². The Morgan fingerprint density at radius 1 is 1.36 bits per heavy atom. The number of hydrogen-bond donors (Lipinski definition) is 2. The molecule has 0 saturated carbocycles. The van der Waals surface area contributed by atoms with Crippen molar-refractivity contribution < 1.29 is 9.53 Å². The van der Waals surface area contributed by atoms with E-state index >= 15 is 0 Å². The summed E-state index contributed by atoms with van der Waals surface area (Å²) in [4.78, 5) is 12.0. The van der Waals surface area contributed by atoms with E-state index in [0.717, 1.165) is 13.2 Å². The summed E-state index contributed by atoms with van der Waals surface area (Å²) >= 11 is 0. The van der Waals surface area contributed by atoms with Gasteiger partial charge in [0.1, 0.15) is 0 Å². The lowest BCUT2D eigenvalue weighted by atomic mass is 9.84. The standard InChI is InChI=1S/C17H26N2O2.ClH/c1-13-4-6-14(7-5-13)17(2,3)12-19-16(20)10-15-11-21-9-8-18-15;/h4-7,15,18H,8-12H2,1-3H3,(H,19,20);1H. The van der Waals surface area contributed by atoms with Crippen LogP contribution in [0.4, 0.5) is 0 Å². The summed E-state index contributed by atoms with van der Waals surface area (Å²) in [5, 5.41) is 6.35. The van der Waals surface area contributed by atoms with Crippen LogP contribution in [0.2, 0.25) is 0 Å². The molecule has 0 aromatic heterocycles. The van der Waals surface area contributed by atoms with Crippen molar-refractivity contribution in [2.45, 2.75) is 38.6 Å². The molecule has 1 saturated heterocycles. The number of carbonyl (C=O) groups is 1. The van der Waals surface area contributed by atoms with Crippen molar-refractivity contribution in [1.29, 1.82) is 0 Å². The predicted octanol–water partition coefficient (Wildman–Crippen LogP) is 2.19. The molecule has 4 nitrogen and oxygen atoms in total. The van der Waals surface area contributed by atoms with Gasteiger partial charge in [-0.3, -0.25) is 4.79 Å². The average Bonchev–Trinajstić information content (AvgIpc) is 2.47. The number of ether oxygens (including phenoxy) is 1. The molecule has 5 heteroatoms. The highest BCUT2D eigenvalue weighted by Gasteiger charge is 2.22. The monoisotopic (exact) mass is 326 g/mol. The molecule has 22 heavy (non-hydrogen) atoms. The number of nitrogens with one attached hydrogen (secondary N) is 2. The van der Waals surface area contributed by atoms with Crippen molar-refractivity contribution in [3.8, 4) is 0 Å². The fraction of sp³-hybridized carbons (Fsp3) is 0.588. The first-order valence-corrected chi connectivity index (χ1v) is 7.62. The van der Waals surface area contributed by atoms with Gasteiger partial charge in [0.15, 0.2) is 0 Å². The zero-order valence-electron chi connectivity index (χ0n) is 13.6. The molecule has 1 heterocycles. The van der Waals surface area contributed by atoms with Gasteiger partial charge in [-0.15, -0.1) is 12.4 Å². The first-order chi connectivity index (χ1) is 9.97. The van der Waals surface area contributed by atoms with Gasteiger partial charge in [-0.25, -0.2) is 0 Å². The van der Waals surface area contributed by atoms with Crippen LogP contribution >= 0.6 is 12.4 Å². The normalized spacial score (nSPS) is 18.4. The second kappa shape index (κ2) is 8.51. The van der Waals surface area contributed by atoms with Crippen LogP contribution in [0.5, 0.6) is 0 Å². The molecular formula is C17H27ClN2O2. The van der Waals surface area contributed by atoms with Crippen LogP contribution in [0, 0.1) is 6.92 Å². The summed E-state index contributed by atoms with van der Waals surface area (Å²) in [6.45, 7) is 9.21. The number of hydrogen-bond acceptors (Lipinski definition) is 3. The summed E-state index contributed by atoms with van der Waals surface area (Å²) in [6.07, 6.45) is 0.476. The SMILES string of the molecule is Cc1ccc(C(C)(C)CNC(=O)CC2COCCN2)cc1.Cl. The van der Waals surface area contributed by atoms with Crippen LogP contribution in [-0.2, 0) is 14.9 Å². The fourth-order valence-electron chi connectivity index (χ4n) is 2.47. The summed E-state index contributed by atoms with van der Waals surface area (Å²) in [6, 6.07) is 8.64. The van der Waals surface area contributed by atoms with Crippen LogP contribution < -0.4 is 10.6 Å². The first-order valence-electron chi connectivity index (χ1n) is 7.62. The number of amides is 1. The molecule has 0 bridgehead atoms. The van der Waals surface area contributed by atoms with Crippen LogP contribution in [0.3, 0.4) is 0 Å². The summed E-state index contributed by atoms with van der Waals surface area (Å²) in [5.41, 5.74) is 2.43. The highest BCUT2D eigenvalue weighted by atomic mass is 35.5. The van der Waals surface area contributed by atoms with Crippen molar-refractivity contribution in [3.05, 3.63) is 35.4 Å². The Morgan fingerprint density at radius 2 is 2.05 bits per heavy atom. The molecule has 1 atom stereocenters. The van der Waals surface area contributed by atoms with E-state index in [0.29, 0.717) is 19.6 Å². The van der Waals surface area contributed by atoms with Crippen LogP contribution in [-0.4, -0.2) is 38.3 Å². The zero-order valence-corrected chi connectivity index (χ0v) is 14.5. The van der Waals surface area contributed by atoms with E-state index in [1.54, 1.807) is 0 Å². The van der Waals surface area contributed by atoms with E-state index in [2.05, 4.69) is 55.7 Å². The van der Waals surface area contributed by atoms with Crippen molar-refractivity contribution in [2.24, 2.45) is 0 Å². The van der Waals surface area contributed by atoms with Gasteiger partial charge >= 0.3 is 0 Å². The number of morpholine rings is 1. The van der Waals surface area contributed by atoms with Crippen molar-refractivity contribution in [2.75, 3.05) is 26.3 Å². The number of halogens is 1. The molecule has 124 valence electrons. The minimum atomic E-state index is -0.0696. The Balaban J connectivity index is 0.00000242. The Labute approximate surface area is 139 Å². The smallest absolute Gasteiger partial charge is 0.221 e. The van der Waals surface area contributed by atoms with Gasteiger partial charge in [0.05, 0.1) is 13.2 Å². The second-order valence-corrected chi connectivity index (χ2v) is 6.46. The van der Waals surface area contributed by atoms with Crippen LogP contribution in [0.1, 0.15) is 31.4 Å². The number of carbonyl (C=O) groups excluding carboxylic acids is 1. The highest BCUT2D eigenvalue weighted by Crippen LogP contribution is 2.22. The average molecular weight is 327 g/mol. The highest BCUT2D eigenvalue weighted by molar-refractivity contribution is 5.85. The number of benzene rings is 1. The van der Waals surface area contributed by atoms with Crippen molar-refractivity contribution >= 4 is 18.3 Å². The van der Waals surface area contributed by atoms with E-state index in [9.17, 15) is 4.79 Å². The molecule has 1 amide bonds. The minimum absolute atomic E-state index is 0. The maximum absolute atomic E-state index is 12.0. The lowest BCUT2D eigenvalue weighted by Crippen LogP contribution is -2.45. The van der Waals surface area contributed by atoms with E-state index in [4.69, 9.17) is 4.74 Å². The van der Waals surface area contributed by atoms with E-state index < -0.39 is 0 Å². The zero-order chi connectivity index (χ0) is 15.3.